The van der Waals surface area contributed by atoms with Crippen LogP contribution in [0.25, 0.3) is 0 Å². The fourth-order valence-electron chi connectivity index (χ4n) is 1.06. The number of hydrogen-bond donors (Lipinski definition) is 2. The van der Waals surface area contributed by atoms with Gasteiger partial charge < -0.3 is 10.4 Å². The molecular formula is C10H19NO4S. The zero-order valence-corrected chi connectivity index (χ0v) is 10.3. The summed E-state index contributed by atoms with van der Waals surface area (Å²) in [6.07, 6.45) is 2.27. The minimum absolute atomic E-state index is 0.00317. The van der Waals surface area contributed by atoms with E-state index in [2.05, 4.69) is 5.32 Å². The molecule has 16 heavy (non-hydrogen) atoms. The average molecular weight is 249 g/mol. The number of carbonyl (C=O) groups is 2. The molecule has 0 fully saturated rings. The highest BCUT2D eigenvalue weighted by molar-refractivity contribution is 7.85. The van der Waals surface area contributed by atoms with Gasteiger partial charge >= 0.3 is 5.97 Å². The molecule has 1 amide bonds. The second-order valence-corrected chi connectivity index (χ2v) is 5.07. The minimum Gasteiger partial charge on any atom is -0.481 e. The SMILES string of the molecule is CCCCNC(=O)CS(=O)CCCC(=O)O. The first kappa shape index (κ1) is 15.1. The van der Waals surface area contributed by atoms with E-state index >= 15 is 0 Å². The van der Waals surface area contributed by atoms with Crippen LogP contribution in [0.2, 0.25) is 0 Å². The van der Waals surface area contributed by atoms with E-state index in [0.29, 0.717) is 13.0 Å². The van der Waals surface area contributed by atoms with Crippen molar-refractivity contribution >= 4 is 22.7 Å². The van der Waals surface area contributed by atoms with Crippen LogP contribution in [-0.4, -0.2) is 39.2 Å². The summed E-state index contributed by atoms with van der Waals surface area (Å²) in [4.78, 5) is 21.4. The molecule has 5 nitrogen and oxygen atoms in total. The monoisotopic (exact) mass is 249 g/mol. The molecule has 0 aromatic carbocycles. The van der Waals surface area contributed by atoms with Crippen LogP contribution in [0, 0.1) is 0 Å². The topological polar surface area (TPSA) is 83.5 Å². The number of carboxylic acid groups (broad SMARTS) is 1. The Labute approximate surface area is 98.1 Å². The Hall–Kier alpha value is -0.910. The van der Waals surface area contributed by atoms with Gasteiger partial charge in [-0.2, -0.15) is 0 Å². The quantitative estimate of drug-likeness (QED) is 0.583. The Morgan fingerprint density at radius 2 is 2.00 bits per heavy atom. The predicted octanol–water partition coefficient (Wildman–Crippen LogP) is 0.516. The van der Waals surface area contributed by atoms with Gasteiger partial charge in [-0.05, 0) is 12.8 Å². The second kappa shape index (κ2) is 9.33. The number of aliphatic carboxylic acids is 1. The van der Waals surface area contributed by atoms with Crippen LogP contribution < -0.4 is 5.32 Å². The van der Waals surface area contributed by atoms with E-state index in [1.54, 1.807) is 0 Å². The van der Waals surface area contributed by atoms with Gasteiger partial charge in [0.2, 0.25) is 5.91 Å². The number of rotatable bonds is 9. The summed E-state index contributed by atoms with van der Waals surface area (Å²) >= 11 is 0. The van der Waals surface area contributed by atoms with Crippen molar-refractivity contribution in [2.24, 2.45) is 0 Å². The van der Waals surface area contributed by atoms with Crippen molar-refractivity contribution in [3.8, 4) is 0 Å². The molecule has 0 saturated carbocycles. The maximum Gasteiger partial charge on any atom is 0.303 e. The summed E-state index contributed by atoms with van der Waals surface area (Å²) in [6, 6.07) is 0. The van der Waals surface area contributed by atoms with Crippen LogP contribution in [0.5, 0.6) is 0 Å². The molecule has 0 aromatic heterocycles. The fourth-order valence-corrected chi connectivity index (χ4v) is 2.06. The van der Waals surface area contributed by atoms with E-state index in [9.17, 15) is 13.8 Å². The number of amides is 1. The van der Waals surface area contributed by atoms with Gasteiger partial charge in [0.15, 0.2) is 0 Å². The van der Waals surface area contributed by atoms with E-state index in [1.165, 1.54) is 0 Å². The molecule has 0 aliphatic heterocycles. The third-order valence-electron chi connectivity index (χ3n) is 1.91. The lowest BCUT2D eigenvalue weighted by Gasteiger charge is -2.03. The normalized spacial score (nSPS) is 12.1. The summed E-state index contributed by atoms with van der Waals surface area (Å²) in [5.41, 5.74) is 0. The van der Waals surface area contributed by atoms with Gasteiger partial charge in [0.25, 0.3) is 0 Å². The van der Waals surface area contributed by atoms with Crippen molar-refractivity contribution < 1.29 is 18.9 Å². The van der Waals surface area contributed by atoms with Crippen molar-refractivity contribution in [2.45, 2.75) is 32.6 Å². The lowest BCUT2D eigenvalue weighted by atomic mass is 10.3. The van der Waals surface area contributed by atoms with E-state index in [4.69, 9.17) is 5.11 Å². The fraction of sp³-hybridized carbons (Fsp3) is 0.800. The van der Waals surface area contributed by atoms with Crippen LogP contribution in [-0.2, 0) is 20.4 Å². The lowest BCUT2D eigenvalue weighted by molar-refractivity contribution is -0.137. The molecule has 6 heteroatoms. The van der Waals surface area contributed by atoms with Crippen LogP contribution in [0.15, 0.2) is 0 Å². The molecule has 94 valence electrons. The molecule has 0 aliphatic carbocycles. The van der Waals surface area contributed by atoms with E-state index in [-0.39, 0.29) is 23.8 Å². The summed E-state index contributed by atoms with van der Waals surface area (Å²) in [6.45, 7) is 2.64. The smallest absolute Gasteiger partial charge is 0.303 e. The van der Waals surface area contributed by atoms with Crippen molar-refractivity contribution in [1.29, 1.82) is 0 Å². The molecule has 0 rings (SSSR count). The maximum atomic E-state index is 11.3. The van der Waals surface area contributed by atoms with Gasteiger partial charge in [0.1, 0.15) is 5.75 Å². The number of unbranched alkanes of at least 4 members (excludes halogenated alkanes) is 1. The Morgan fingerprint density at radius 1 is 1.31 bits per heavy atom. The van der Waals surface area contributed by atoms with E-state index < -0.39 is 16.8 Å². The van der Waals surface area contributed by atoms with E-state index in [0.717, 1.165) is 12.8 Å². The summed E-state index contributed by atoms with van der Waals surface area (Å²) in [5, 5.41) is 11.0. The van der Waals surface area contributed by atoms with Crippen molar-refractivity contribution in [2.75, 3.05) is 18.1 Å². The predicted molar refractivity (Wildman–Crippen MR) is 62.7 cm³/mol. The maximum absolute atomic E-state index is 11.3. The average Bonchev–Trinajstić information content (AvgIpc) is 2.17. The molecule has 1 atom stereocenters. The molecular weight excluding hydrogens is 230 g/mol. The highest BCUT2D eigenvalue weighted by atomic mass is 32.2. The molecule has 0 heterocycles. The minimum atomic E-state index is -1.25. The van der Waals surface area contributed by atoms with Crippen LogP contribution in [0.4, 0.5) is 0 Å². The standard InChI is InChI=1S/C10H19NO4S/c1-2-3-6-11-9(12)8-16(15)7-4-5-10(13)14/h2-8H2,1H3,(H,11,12)(H,13,14). The third kappa shape index (κ3) is 9.64. The van der Waals surface area contributed by atoms with Gasteiger partial charge in [-0.1, -0.05) is 13.3 Å². The number of carbonyl (C=O) groups excluding carboxylic acids is 1. The molecule has 0 spiro atoms. The van der Waals surface area contributed by atoms with Gasteiger partial charge in [-0.15, -0.1) is 0 Å². The molecule has 2 N–H and O–H groups in total. The Morgan fingerprint density at radius 3 is 2.56 bits per heavy atom. The van der Waals surface area contributed by atoms with Crippen LogP contribution in [0.3, 0.4) is 0 Å². The molecule has 0 radical (unpaired) electrons. The largest absolute Gasteiger partial charge is 0.481 e. The Kier molecular flexibility index (Phi) is 8.80. The van der Waals surface area contributed by atoms with E-state index in [1.807, 2.05) is 6.92 Å². The summed E-state index contributed by atoms with van der Waals surface area (Å²) < 4.78 is 11.3. The van der Waals surface area contributed by atoms with Crippen molar-refractivity contribution in [3.63, 3.8) is 0 Å². The molecule has 0 saturated heterocycles. The molecule has 0 bridgehead atoms. The van der Waals surface area contributed by atoms with Crippen LogP contribution in [0.1, 0.15) is 32.6 Å². The number of carboxylic acids is 1. The number of nitrogens with one attached hydrogen (secondary N) is 1. The second-order valence-electron chi connectivity index (χ2n) is 3.49. The first-order valence-corrected chi connectivity index (χ1v) is 6.88. The van der Waals surface area contributed by atoms with Gasteiger partial charge in [0.05, 0.1) is 0 Å². The summed E-state index contributed by atoms with van der Waals surface area (Å²) in [7, 11) is -1.25. The van der Waals surface area contributed by atoms with Gasteiger partial charge in [-0.3, -0.25) is 13.8 Å². The summed E-state index contributed by atoms with van der Waals surface area (Å²) in [5.74, 6) is -0.872. The van der Waals surface area contributed by atoms with Gasteiger partial charge in [0, 0.05) is 29.5 Å². The lowest BCUT2D eigenvalue weighted by Crippen LogP contribution is -2.29. The van der Waals surface area contributed by atoms with Crippen molar-refractivity contribution in [1.82, 2.24) is 5.32 Å². The highest BCUT2D eigenvalue weighted by Gasteiger charge is 2.07. The molecule has 1 unspecified atom stereocenters. The zero-order valence-electron chi connectivity index (χ0n) is 9.53. The van der Waals surface area contributed by atoms with Gasteiger partial charge in [-0.25, -0.2) is 0 Å². The number of hydrogen-bond acceptors (Lipinski definition) is 3. The van der Waals surface area contributed by atoms with Crippen LogP contribution >= 0.6 is 0 Å². The zero-order chi connectivity index (χ0) is 12.4. The Balaban J connectivity index is 3.54. The van der Waals surface area contributed by atoms with Crippen molar-refractivity contribution in [3.05, 3.63) is 0 Å². The first-order chi connectivity index (χ1) is 7.56. The molecule has 0 aromatic rings. The Bertz CT molecular complexity index is 255. The molecule has 0 aliphatic rings. The highest BCUT2D eigenvalue weighted by Crippen LogP contribution is 1.93. The third-order valence-corrected chi connectivity index (χ3v) is 3.24. The first-order valence-electron chi connectivity index (χ1n) is 5.39.